The maximum atomic E-state index is 4.56. The molecule has 8 heteroatoms. The van der Waals surface area contributed by atoms with E-state index in [2.05, 4.69) is 41.1 Å². The van der Waals surface area contributed by atoms with Gasteiger partial charge in [0, 0.05) is 56.6 Å². The van der Waals surface area contributed by atoms with Gasteiger partial charge in [-0.15, -0.1) is 11.3 Å². The lowest BCUT2D eigenvalue weighted by atomic mass is 10.2. The zero-order chi connectivity index (χ0) is 18.1. The van der Waals surface area contributed by atoms with Crippen LogP contribution in [0.3, 0.4) is 0 Å². The number of anilines is 2. The van der Waals surface area contributed by atoms with Gasteiger partial charge in [0.05, 0.1) is 28.9 Å². The third kappa shape index (κ3) is 3.80. The van der Waals surface area contributed by atoms with Crippen molar-refractivity contribution >= 4 is 61.5 Å². The van der Waals surface area contributed by atoms with Gasteiger partial charge in [0.25, 0.3) is 0 Å². The van der Waals surface area contributed by atoms with Crippen LogP contribution >= 0.6 is 34.4 Å². The number of aromatic nitrogens is 1. The lowest BCUT2D eigenvalue weighted by molar-refractivity contribution is -0.462. The molecule has 0 unspecified atom stereocenters. The number of hydrogen-bond acceptors (Lipinski definition) is 6. The van der Waals surface area contributed by atoms with Crippen LogP contribution in [-0.2, 0) is 0 Å². The Hall–Kier alpha value is -1.64. The van der Waals surface area contributed by atoms with Gasteiger partial charge in [0.15, 0.2) is 11.3 Å². The Labute approximate surface area is 161 Å². The first-order valence-electron chi connectivity index (χ1n) is 7.78. The van der Waals surface area contributed by atoms with E-state index in [0.29, 0.717) is 0 Å². The van der Waals surface area contributed by atoms with Crippen LogP contribution in [0.1, 0.15) is 9.75 Å². The molecule has 1 aliphatic heterocycles. The summed E-state index contributed by atoms with van der Waals surface area (Å²) in [5.41, 5.74) is 1.22. The largest absolute Gasteiger partial charge is 0.370 e. The van der Waals surface area contributed by atoms with Crippen molar-refractivity contribution in [2.45, 2.75) is 0 Å². The van der Waals surface area contributed by atoms with Gasteiger partial charge in [-0.3, -0.25) is 4.58 Å². The number of nitrogens with zero attached hydrogens (tertiary/aromatic N) is 5. The molecule has 0 fully saturated rings. The molecule has 2 aromatic rings. The van der Waals surface area contributed by atoms with Gasteiger partial charge < -0.3 is 9.80 Å². The number of thiophene rings is 1. The van der Waals surface area contributed by atoms with Crippen molar-refractivity contribution in [2.24, 2.45) is 4.99 Å². The average molecular weight is 393 g/mol. The Bertz CT molecular complexity index is 818. The molecule has 1 aliphatic rings. The van der Waals surface area contributed by atoms with E-state index in [-0.39, 0.29) is 0 Å². The summed E-state index contributed by atoms with van der Waals surface area (Å²) in [7, 11) is 12.2. The Balaban J connectivity index is 2.11. The first-order valence-corrected chi connectivity index (χ1v) is 10.2. The lowest BCUT2D eigenvalue weighted by Crippen LogP contribution is -2.07. The van der Waals surface area contributed by atoms with Crippen molar-refractivity contribution in [1.29, 1.82) is 0 Å². The smallest absolute Gasteiger partial charge is 0.359 e. The summed E-state index contributed by atoms with van der Waals surface area (Å²) >= 11 is 5.21. The fourth-order valence-electron chi connectivity index (χ4n) is 2.24. The second kappa shape index (κ2) is 7.31. The molecule has 0 amide bonds. The van der Waals surface area contributed by atoms with E-state index in [0.717, 1.165) is 10.3 Å². The van der Waals surface area contributed by atoms with Crippen LogP contribution < -0.4 is 9.80 Å². The zero-order valence-electron chi connectivity index (χ0n) is 15.3. The highest BCUT2D eigenvalue weighted by atomic mass is 32.2. The quantitative estimate of drug-likeness (QED) is 0.746. The summed E-state index contributed by atoms with van der Waals surface area (Å²) < 4.78 is 2.05. The Kier molecular flexibility index (Phi) is 5.31. The number of amidine groups is 1. The fourth-order valence-corrected chi connectivity index (χ4v) is 5.26. The van der Waals surface area contributed by atoms with Crippen molar-refractivity contribution in [1.82, 2.24) is 4.98 Å². The Morgan fingerprint density at radius 2 is 1.76 bits per heavy atom. The van der Waals surface area contributed by atoms with Gasteiger partial charge in [0.1, 0.15) is 0 Å². The highest BCUT2D eigenvalue weighted by Crippen LogP contribution is 2.42. The second-order valence-electron chi connectivity index (χ2n) is 6.21. The summed E-state index contributed by atoms with van der Waals surface area (Å²) in [6.07, 6.45) is 3.94. The maximum absolute atomic E-state index is 4.56. The average Bonchev–Trinajstić information content (AvgIpc) is 3.28. The van der Waals surface area contributed by atoms with Crippen LogP contribution in [0.25, 0.3) is 5.57 Å². The van der Waals surface area contributed by atoms with Gasteiger partial charge in [-0.2, -0.15) is 0 Å². The topological polar surface area (TPSA) is 34.7 Å². The van der Waals surface area contributed by atoms with Gasteiger partial charge in [-0.25, -0.2) is 4.98 Å². The molecule has 5 nitrogen and oxygen atoms in total. The fraction of sp³-hybridized carbons (Fsp3) is 0.353. The normalized spacial score (nSPS) is 15.7. The molecule has 0 spiro atoms. The molecule has 0 aliphatic carbocycles. The van der Waals surface area contributed by atoms with Crippen molar-refractivity contribution < 1.29 is 4.58 Å². The Morgan fingerprint density at radius 1 is 1.00 bits per heavy atom. The maximum Gasteiger partial charge on any atom is 0.359 e. The van der Waals surface area contributed by atoms with Gasteiger partial charge in [0.2, 0.25) is 0 Å². The van der Waals surface area contributed by atoms with Crippen molar-refractivity contribution in [3.05, 3.63) is 33.0 Å². The lowest BCUT2D eigenvalue weighted by Gasteiger charge is -2.08. The predicted octanol–water partition coefficient (Wildman–Crippen LogP) is 3.54. The van der Waals surface area contributed by atoms with Crippen molar-refractivity contribution in [2.75, 3.05) is 52.1 Å². The van der Waals surface area contributed by atoms with Crippen molar-refractivity contribution in [3.8, 4) is 0 Å². The molecule has 3 heterocycles. The van der Waals surface area contributed by atoms with Gasteiger partial charge in [-0.1, -0.05) is 11.3 Å². The summed E-state index contributed by atoms with van der Waals surface area (Å²) in [5.74, 6) is 0. The van der Waals surface area contributed by atoms with E-state index in [1.54, 1.807) is 34.4 Å². The molecule has 0 radical (unpaired) electrons. The van der Waals surface area contributed by atoms with E-state index < -0.39 is 0 Å². The number of hydrogen-bond donors (Lipinski definition) is 0. The van der Waals surface area contributed by atoms with E-state index in [1.807, 2.05) is 50.1 Å². The van der Waals surface area contributed by atoms with E-state index in [4.69, 9.17) is 0 Å². The first kappa shape index (κ1) is 18.2. The first-order chi connectivity index (χ1) is 11.9. The molecule has 25 heavy (non-hydrogen) atoms. The third-order valence-corrected chi connectivity index (χ3v) is 7.16. The minimum absolute atomic E-state index is 1.01. The highest BCUT2D eigenvalue weighted by molar-refractivity contribution is 8.18. The minimum Gasteiger partial charge on any atom is -0.370 e. The number of allylic oxidation sites excluding steroid dienone is 1. The van der Waals surface area contributed by atoms with Crippen LogP contribution in [0.5, 0.6) is 0 Å². The van der Waals surface area contributed by atoms with E-state index in [9.17, 15) is 0 Å². The molecule has 0 aromatic carbocycles. The van der Waals surface area contributed by atoms with E-state index in [1.165, 1.54) is 25.2 Å². The van der Waals surface area contributed by atoms with Crippen LogP contribution in [0.15, 0.2) is 28.2 Å². The zero-order valence-corrected chi connectivity index (χ0v) is 17.7. The molecule has 0 atom stereocenters. The SMILES string of the molecule is CN(C)c1ccc(/C(=C2\C=NC(=[N+](C)C)S2)c2cnc(N(C)C)s2)s1. The monoisotopic (exact) mass is 392 g/mol. The van der Waals surface area contributed by atoms with Crippen LogP contribution in [0, 0.1) is 0 Å². The number of rotatable bonds is 4. The summed E-state index contributed by atoms with van der Waals surface area (Å²) in [5, 5.41) is 3.26. The molecule has 2 aromatic heterocycles. The molecule has 0 saturated heterocycles. The summed E-state index contributed by atoms with van der Waals surface area (Å²) in [6.45, 7) is 0. The van der Waals surface area contributed by atoms with Crippen molar-refractivity contribution in [3.63, 3.8) is 0 Å². The molecule has 0 N–H and O–H groups in total. The van der Waals surface area contributed by atoms with Crippen LogP contribution in [0.4, 0.5) is 10.1 Å². The molecule has 3 rings (SSSR count). The predicted molar refractivity (Wildman–Crippen MR) is 114 cm³/mol. The van der Waals surface area contributed by atoms with Crippen LogP contribution in [0.2, 0.25) is 0 Å². The number of thioether (sulfide) groups is 1. The third-order valence-electron chi connectivity index (χ3n) is 3.52. The molecule has 0 bridgehead atoms. The molecule has 132 valence electrons. The van der Waals surface area contributed by atoms with Gasteiger partial charge in [-0.05, 0) is 17.1 Å². The standard InChI is InChI=1S/C17H22N5S3/c1-20(2)14-8-7-11(23-14)15(12-9-18-16(24-12)21(3)4)13-10-19-17(25-13)22(5)6/h7-10H,1-6H3/q+1. The second-order valence-corrected chi connectivity index (χ2v) is 9.29. The molecular formula is C17H22N5S3+. The van der Waals surface area contributed by atoms with E-state index >= 15 is 0 Å². The number of aliphatic imine (C=N–C) groups is 1. The number of thiazole rings is 1. The van der Waals surface area contributed by atoms with Gasteiger partial charge >= 0.3 is 5.17 Å². The highest BCUT2D eigenvalue weighted by Gasteiger charge is 2.26. The minimum atomic E-state index is 1.01. The summed E-state index contributed by atoms with van der Waals surface area (Å²) in [4.78, 5) is 16.9. The Morgan fingerprint density at radius 3 is 2.28 bits per heavy atom. The van der Waals surface area contributed by atoms with Crippen LogP contribution in [-0.4, -0.2) is 63.2 Å². The molecule has 0 saturated carbocycles. The molecular weight excluding hydrogens is 370 g/mol. The summed E-state index contributed by atoms with van der Waals surface area (Å²) in [6, 6.07) is 4.36.